The summed E-state index contributed by atoms with van der Waals surface area (Å²) in [5.74, 6) is -0.925. The first-order valence-corrected chi connectivity index (χ1v) is 4.88. The smallest absolute Gasteiger partial charge is 0.303 e. The third kappa shape index (κ3) is 2.26. The van der Waals surface area contributed by atoms with Crippen LogP contribution in [0.2, 0.25) is 5.15 Å². The Hall–Kier alpha value is -1.03. The Labute approximate surface area is 87.3 Å². The normalized spacial score (nSPS) is 12.8. The molecule has 0 saturated carbocycles. The fourth-order valence-electron chi connectivity index (χ4n) is 1.50. The molecule has 0 amide bonds. The number of hydrogen-bond donors (Lipinski definition) is 2. The number of aliphatic carboxylic acids is 1. The number of carbonyl (C=O) groups is 1. The van der Waals surface area contributed by atoms with E-state index >= 15 is 0 Å². The van der Waals surface area contributed by atoms with Crippen molar-refractivity contribution in [3.8, 4) is 0 Å². The van der Waals surface area contributed by atoms with Crippen molar-refractivity contribution >= 4 is 17.6 Å². The van der Waals surface area contributed by atoms with Crippen molar-refractivity contribution in [2.75, 3.05) is 0 Å². The Bertz CT molecular complexity index is 336. The van der Waals surface area contributed by atoms with Crippen molar-refractivity contribution in [3.63, 3.8) is 0 Å². The molecule has 78 valence electrons. The first-order chi connectivity index (χ1) is 6.56. The van der Waals surface area contributed by atoms with Gasteiger partial charge in [0.05, 0.1) is 6.42 Å². The molecule has 2 N–H and O–H groups in total. The first-order valence-electron chi connectivity index (χ1n) is 4.50. The number of nitrogens with zero attached hydrogens (tertiary/aromatic N) is 1. The largest absolute Gasteiger partial charge is 0.481 e. The lowest BCUT2D eigenvalue weighted by Gasteiger charge is -2.08. The van der Waals surface area contributed by atoms with E-state index in [1.165, 1.54) is 0 Å². The zero-order chi connectivity index (χ0) is 10.7. The van der Waals surface area contributed by atoms with Gasteiger partial charge in [0.1, 0.15) is 0 Å². The summed E-state index contributed by atoms with van der Waals surface area (Å²) in [4.78, 5) is 10.5. The third-order valence-electron chi connectivity index (χ3n) is 2.16. The molecule has 0 aliphatic rings. The summed E-state index contributed by atoms with van der Waals surface area (Å²) < 4.78 is 0. The number of halogens is 1. The summed E-state index contributed by atoms with van der Waals surface area (Å²) in [6.45, 7) is 3.81. The lowest BCUT2D eigenvalue weighted by Crippen LogP contribution is -2.04. The maximum absolute atomic E-state index is 10.5. The number of carboxylic acids is 1. The highest BCUT2D eigenvalue weighted by Gasteiger charge is 2.19. The van der Waals surface area contributed by atoms with Gasteiger partial charge >= 0.3 is 5.97 Å². The molecule has 1 aromatic heterocycles. The molecule has 0 aliphatic carbocycles. The SMILES string of the molecule is CCc1[nH]nc(Cl)c1C(C)CC(=O)O. The molecular formula is C9H13ClN2O2. The quantitative estimate of drug-likeness (QED) is 0.811. The van der Waals surface area contributed by atoms with Crippen molar-refractivity contribution in [1.82, 2.24) is 10.2 Å². The number of carboxylic acid groups (broad SMARTS) is 1. The molecule has 14 heavy (non-hydrogen) atoms. The molecule has 0 fully saturated rings. The van der Waals surface area contributed by atoms with Crippen molar-refractivity contribution in [2.24, 2.45) is 0 Å². The minimum Gasteiger partial charge on any atom is -0.481 e. The van der Waals surface area contributed by atoms with E-state index in [-0.39, 0.29) is 12.3 Å². The Morgan fingerprint density at radius 1 is 1.71 bits per heavy atom. The molecule has 1 atom stereocenters. The van der Waals surface area contributed by atoms with Crippen LogP contribution in [0.15, 0.2) is 0 Å². The zero-order valence-electron chi connectivity index (χ0n) is 8.17. The number of hydrogen-bond acceptors (Lipinski definition) is 2. The van der Waals surface area contributed by atoms with E-state index in [0.29, 0.717) is 5.15 Å². The number of nitrogens with one attached hydrogen (secondary N) is 1. The second-order valence-electron chi connectivity index (χ2n) is 3.26. The van der Waals surface area contributed by atoms with Crippen LogP contribution in [0.5, 0.6) is 0 Å². The van der Waals surface area contributed by atoms with E-state index in [1.54, 1.807) is 0 Å². The van der Waals surface area contributed by atoms with Crippen molar-refractivity contribution in [3.05, 3.63) is 16.4 Å². The molecule has 0 radical (unpaired) electrons. The van der Waals surface area contributed by atoms with Gasteiger partial charge in [0.15, 0.2) is 5.15 Å². The molecule has 5 heteroatoms. The van der Waals surface area contributed by atoms with Gasteiger partial charge in [-0.2, -0.15) is 5.10 Å². The van der Waals surface area contributed by atoms with Crippen LogP contribution in [-0.2, 0) is 11.2 Å². The molecule has 0 spiro atoms. The van der Waals surface area contributed by atoms with Crippen LogP contribution < -0.4 is 0 Å². The summed E-state index contributed by atoms with van der Waals surface area (Å²) in [5, 5.41) is 15.7. The van der Waals surface area contributed by atoms with Gasteiger partial charge in [-0.15, -0.1) is 0 Å². The number of aromatic amines is 1. The zero-order valence-corrected chi connectivity index (χ0v) is 8.93. The van der Waals surface area contributed by atoms with Crippen LogP contribution in [0.3, 0.4) is 0 Å². The number of aryl methyl sites for hydroxylation is 1. The van der Waals surface area contributed by atoms with Gasteiger partial charge in [0, 0.05) is 11.3 Å². The Morgan fingerprint density at radius 3 is 2.86 bits per heavy atom. The highest BCUT2D eigenvalue weighted by molar-refractivity contribution is 6.30. The van der Waals surface area contributed by atoms with Crippen LogP contribution in [0.1, 0.15) is 37.4 Å². The number of aromatic nitrogens is 2. The number of H-pyrrole nitrogens is 1. The molecule has 1 unspecified atom stereocenters. The van der Waals surface area contributed by atoms with Crippen LogP contribution in [-0.4, -0.2) is 21.3 Å². The minimum atomic E-state index is -0.822. The van der Waals surface area contributed by atoms with E-state index < -0.39 is 5.97 Å². The van der Waals surface area contributed by atoms with Gasteiger partial charge in [0.25, 0.3) is 0 Å². The Balaban J connectivity index is 2.92. The highest BCUT2D eigenvalue weighted by atomic mass is 35.5. The summed E-state index contributed by atoms with van der Waals surface area (Å²) in [6.07, 6.45) is 0.852. The van der Waals surface area contributed by atoms with Crippen LogP contribution in [0.4, 0.5) is 0 Å². The van der Waals surface area contributed by atoms with E-state index in [1.807, 2.05) is 13.8 Å². The molecule has 1 aromatic rings. The van der Waals surface area contributed by atoms with Crippen LogP contribution >= 0.6 is 11.6 Å². The molecular weight excluding hydrogens is 204 g/mol. The summed E-state index contributed by atoms with van der Waals surface area (Å²) >= 11 is 5.87. The summed E-state index contributed by atoms with van der Waals surface area (Å²) in [6, 6.07) is 0. The molecule has 0 aromatic carbocycles. The maximum Gasteiger partial charge on any atom is 0.303 e. The molecule has 1 rings (SSSR count). The van der Waals surface area contributed by atoms with Gasteiger partial charge in [0.2, 0.25) is 0 Å². The molecule has 0 saturated heterocycles. The van der Waals surface area contributed by atoms with Gasteiger partial charge in [-0.1, -0.05) is 25.4 Å². The minimum absolute atomic E-state index is 0.0756. The molecule has 4 nitrogen and oxygen atoms in total. The Kier molecular flexibility index (Phi) is 3.52. The average Bonchev–Trinajstić information content (AvgIpc) is 2.45. The topological polar surface area (TPSA) is 66.0 Å². The predicted octanol–water partition coefficient (Wildman–Crippen LogP) is 2.20. The standard InChI is InChI=1S/C9H13ClN2O2/c1-3-6-8(9(10)12-11-6)5(2)4-7(13)14/h5H,3-4H2,1-2H3,(H,11,12)(H,13,14). The maximum atomic E-state index is 10.5. The van der Waals surface area contributed by atoms with Crippen LogP contribution in [0.25, 0.3) is 0 Å². The van der Waals surface area contributed by atoms with E-state index in [0.717, 1.165) is 17.7 Å². The van der Waals surface area contributed by atoms with Crippen molar-refractivity contribution < 1.29 is 9.90 Å². The Morgan fingerprint density at radius 2 is 2.36 bits per heavy atom. The fraction of sp³-hybridized carbons (Fsp3) is 0.556. The van der Waals surface area contributed by atoms with Crippen molar-refractivity contribution in [1.29, 1.82) is 0 Å². The van der Waals surface area contributed by atoms with Crippen molar-refractivity contribution in [2.45, 2.75) is 32.6 Å². The summed E-state index contributed by atoms with van der Waals surface area (Å²) in [5.41, 5.74) is 1.75. The van der Waals surface area contributed by atoms with E-state index in [4.69, 9.17) is 16.7 Å². The lowest BCUT2D eigenvalue weighted by molar-refractivity contribution is -0.137. The van der Waals surface area contributed by atoms with Gasteiger partial charge < -0.3 is 5.11 Å². The second kappa shape index (κ2) is 4.46. The van der Waals surface area contributed by atoms with Gasteiger partial charge in [-0.05, 0) is 12.3 Å². The van der Waals surface area contributed by atoms with E-state index in [9.17, 15) is 4.79 Å². The predicted molar refractivity (Wildman–Crippen MR) is 53.6 cm³/mol. The highest BCUT2D eigenvalue weighted by Crippen LogP contribution is 2.28. The lowest BCUT2D eigenvalue weighted by atomic mass is 9.97. The molecule has 1 heterocycles. The average molecular weight is 217 g/mol. The third-order valence-corrected chi connectivity index (χ3v) is 2.45. The fourth-order valence-corrected chi connectivity index (χ4v) is 1.84. The summed E-state index contributed by atoms with van der Waals surface area (Å²) in [7, 11) is 0. The number of rotatable bonds is 4. The van der Waals surface area contributed by atoms with Crippen LogP contribution in [0, 0.1) is 0 Å². The molecule has 0 bridgehead atoms. The molecule has 0 aliphatic heterocycles. The second-order valence-corrected chi connectivity index (χ2v) is 3.62. The monoisotopic (exact) mass is 216 g/mol. The van der Waals surface area contributed by atoms with Gasteiger partial charge in [-0.3, -0.25) is 9.89 Å². The first kappa shape index (κ1) is 11.0. The van der Waals surface area contributed by atoms with Gasteiger partial charge in [-0.25, -0.2) is 0 Å². The van der Waals surface area contributed by atoms with E-state index in [2.05, 4.69) is 10.2 Å².